The van der Waals surface area contributed by atoms with Crippen molar-refractivity contribution in [1.82, 2.24) is 0 Å². The van der Waals surface area contributed by atoms with Crippen molar-refractivity contribution in [3.63, 3.8) is 0 Å². The molecule has 1 aliphatic rings. The largest absolute Gasteiger partial charge is 0.457 e. The van der Waals surface area contributed by atoms with Gasteiger partial charge in [-0.2, -0.15) is 8.42 Å². The smallest absolute Gasteiger partial charge is 0.397 e. The Morgan fingerprint density at radius 2 is 1.16 bits per heavy atom. The Hall–Kier alpha value is -1.68. The number of carbonyl (C=O) groups excluding carboxylic acids is 1. The molecule has 0 aromatic rings. The van der Waals surface area contributed by atoms with Crippen LogP contribution in [0.15, 0.2) is 36.5 Å². The van der Waals surface area contributed by atoms with E-state index < -0.39 is 59.8 Å². The number of aliphatic hydroxyl groups is 3. The van der Waals surface area contributed by atoms with E-state index in [1.54, 1.807) is 0 Å². The highest BCUT2D eigenvalue weighted by Gasteiger charge is 2.48. The minimum Gasteiger partial charge on any atom is -0.457 e. The number of hydrogen-bond acceptors (Lipinski definition) is 11. The van der Waals surface area contributed by atoms with Crippen LogP contribution in [0.1, 0.15) is 174 Å². The fourth-order valence-corrected chi connectivity index (χ4v) is 7.09. The minimum atomic E-state index is -5.06. The molecule has 6 atom stereocenters. The van der Waals surface area contributed by atoms with Crippen LogP contribution in [0.25, 0.3) is 0 Å². The van der Waals surface area contributed by atoms with Crippen molar-refractivity contribution in [3.05, 3.63) is 36.5 Å². The third kappa shape index (κ3) is 30.1. The quantitative estimate of drug-likeness (QED) is 0.0201. The average molecular weight is 833 g/mol. The van der Waals surface area contributed by atoms with Gasteiger partial charge in [0.1, 0.15) is 30.5 Å². The Kier molecular flexibility index (Phi) is 33.9. The van der Waals surface area contributed by atoms with Crippen LogP contribution in [-0.4, -0.2) is 97.5 Å². The van der Waals surface area contributed by atoms with Gasteiger partial charge < -0.3 is 34.3 Å². The van der Waals surface area contributed by atoms with Gasteiger partial charge in [0.2, 0.25) is 0 Å². The van der Waals surface area contributed by atoms with Gasteiger partial charge in [-0.25, -0.2) is 4.18 Å². The molecule has 1 fully saturated rings. The van der Waals surface area contributed by atoms with Gasteiger partial charge in [0.25, 0.3) is 0 Å². The summed E-state index contributed by atoms with van der Waals surface area (Å²) in [6.45, 7) is 3.91. The van der Waals surface area contributed by atoms with Crippen LogP contribution in [0.3, 0.4) is 0 Å². The summed E-state index contributed by atoms with van der Waals surface area (Å²) in [7, 11) is -5.06. The lowest BCUT2D eigenvalue weighted by Crippen LogP contribution is -2.60. The first kappa shape index (κ1) is 53.3. The topological polar surface area (TPSA) is 178 Å². The zero-order valence-electron chi connectivity index (χ0n) is 35.4. The first-order valence-corrected chi connectivity index (χ1v) is 23.6. The summed E-state index contributed by atoms with van der Waals surface area (Å²) in [6, 6.07) is 0. The third-order valence-electron chi connectivity index (χ3n) is 9.98. The molecule has 4 N–H and O–H groups in total. The lowest BCUT2D eigenvalue weighted by atomic mass is 9.99. The Morgan fingerprint density at radius 3 is 1.72 bits per heavy atom. The first-order chi connectivity index (χ1) is 27.6. The number of hydrogen-bond donors (Lipinski definition) is 4. The second kappa shape index (κ2) is 36.2. The van der Waals surface area contributed by atoms with Crippen LogP contribution >= 0.6 is 0 Å². The molecule has 0 saturated carbocycles. The zero-order chi connectivity index (χ0) is 41.8. The van der Waals surface area contributed by atoms with Crippen molar-refractivity contribution in [2.75, 3.05) is 26.4 Å². The van der Waals surface area contributed by atoms with E-state index in [4.69, 9.17) is 23.5 Å². The Morgan fingerprint density at radius 1 is 0.667 bits per heavy atom. The molecule has 12 nitrogen and oxygen atoms in total. The highest BCUT2D eigenvalue weighted by molar-refractivity contribution is 7.80. The van der Waals surface area contributed by atoms with Crippen LogP contribution in [0.2, 0.25) is 0 Å². The number of esters is 1. The molecular weight excluding hydrogens is 753 g/mol. The zero-order valence-corrected chi connectivity index (χ0v) is 36.2. The molecule has 334 valence electrons. The van der Waals surface area contributed by atoms with Crippen molar-refractivity contribution in [2.45, 2.75) is 211 Å². The molecule has 0 aliphatic carbocycles. The molecule has 1 aliphatic heterocycles. The fourth-order valence-electron chi connectivity index (χ4n) is 6.58. The summed E-state index contributed by atoms with van der Waals surface area (Å²) in [5.41, 5.74) is 0. The highest BCUT2D eigenvalue weighted by Crippen LogP contribution is 2.26. The molecule has 1 rings (SSSR count). The first-order valence-electron chi connectivity index (χ1n) is 22.2. The van der Waals surface area contributed by atoms with E-state index >= 15 is 0 Å². The molecule has 0 bridgehead atoms. The predicted octanol–water partition coefficient (Wildman–Crippen LogP) is 9.02. The molecule has 0 spiro atoms. The predicted molar refractivity (Wildman–Crippen MR) is 225 cm³/mol. The van der Waals surface area contributed by atoms with Gasteiger partial charge in [0.15, 0.2) is 6.29 Å². The maximum atomic E-state index is 12.8. The van der Waals surface area contributed by atoms with Gasteiger partial charge in [0.05, 0.1) is 19.8 Å². The molecule has 0 radical (unpaired) electrons. The van der Waals surface area contributed by atoms with Crippen molar-refractivity contribution >= 4 is 16.4 Å². The molecule has 0 aromatic heterocycles. The maximum Gasteiger partial charge on any atom is 0.397 e. The van der Waals surface area contributed by atoms with Crippen molar-refractivity contribution in [3.8, 4) is 0 Å². The number of carbonyl (C=O) groups is 1. The monoisotopic (exact) mass is 833 g/mol. The molecule has 1 saturated heterocycles. The van der Waals surface area contributed by atoms with Gasteiger partial charge in [-0.1, -0.05) is 134 Å². The van der Waals surface area contributed by atoms with Gasteiger partial charge in [-0.15, -0.1) is 0 Å². The number of ether oxygens (including phenoxy) is 4. The van der Waals surface area contributed by atoms with Gasteiger partial charge in [-0.3, -0.25) is 9.35 Å². The molecule has 1 heterocycles. The highest BCUT2D eigenvalue weighted by atomic mass is 32.3. The molecule has 0 aromatic carbocycles. The SMILES string of the molecule is CCCCC/C=C\C/C=C\CCCCCCCCOCC(COC1OC(CO)C(O)C(OS(=O)(=O)O)C1O)OC(=O)CCCCCCC/C=C\CCCCCCC. The number of allylic oxidation sites excluding steroid dienone is 6. The standard InChI is InChI=1S/C44H80O12S/c1-3-5-7-9-11-13-15-17-19-20-22-24-26-28-30-32-34-52-36-38(37-53-44-42(48)43(56-57(49,50)51)41(47)39(35-45)55-44)54-40(46)33-31-29-27-25-23-21-18-16-14-12-10-8-6-4-2/h11,13,16-19,38-39,41-45,47-48H,3-10,12,14-15,20-37H2,1-2H3,(H,49,50,51)/b13-11-,18-16-,19-17-. The van der Waals surface area contributed by atoms with E-state index in [9.17, 15) is 28.5 Å². The van der Waals surface area contributed by atoms with Crippen LogP contribution < -0.4 is 0 Å². The molecule has 57 heavy (non-hydrogen) atoms. The lowest BCUT2D eigenvalue weighted by Gasteiger charge is -2.41. The maximum absolute atomic E-state index is 12.8. The van der Waals surface area contributed by atoms with Crippen LogP contribution in [0.4, 0.5) is 0 Å². The molecular formula is C44H80O12S. The number of rotatable bonds is 38. The van der Waals surface area contributed by atoms with E-state index in [-0.39, 0.29) is 19.6 Å². The summed E-state index contributed by atoms with van der Waals surface area (Å²) in [6.07, 6.45) is 31.7. The van der Waals surface area contributed by atoms with Gasteiger partial charge >= 0.3 is 16.4 Å². The van der Waals surface area contributed by atoms with E-state index in [2.05, 4.69) is 54.5 Å². The molecule has 13 heteroatoms. The average Bonchev–Trinajstić information content (AvgIpc) is 3.18. The van der Waals surface area contributed by atoms with Crippen LogP contribution in [-0.2, 0) is 38.3 Å². The van der Waals surface area contributed by atoms with Crippen LogP contribution in [0, 0.1) is 0 Å². The van der Waals surface area contributed by atoms with E-state index in [0.29, 0.717) is 13.0 Å². The van der Waals surface area contributed by atoms with Crippen LogP contribution in [0.5, 0.6) is 0 Å². The summed E-state index contributed by atoms with van der Waals surface area (Å²) in [5.74, 6) is -0.413. The normalized spacial score (nSPS) is 21.0. The van der Waals surface area contributed by atoms with E-state index in [0.717, 1.165) is 77.0 Å². The third-order valence-corrected chi connectivity index (χ3v) is 10.5. The fraction of sp³-hybridized carbons (Fsp3) is 0.841. The number of aliphatic hydroxyl groups excluding tert-OH is 3. The Balaban J connectivity index is 2.46. The van der Waals surface area contributed by atoms with Crippen molar-refractivity contribution in [2.24, 2.45) is 0 Å². The van der Waals surface area contributed by atoms with E-state index in [1.807, 2.05) is 0 Å². The Labute approximate surface area is 345 Å². The Bertz CT molecular complexity index is 1140. The number of unbranched alkanes of at least 4 members (excludes halogenated alkanes) is 19. The molecule has 6 unspecified atom stereocenters. The van der Waals surface area contributed by atoms with Crippen molar-refractivity contribution in [1.29, 1.82) is 0 Å². The van der Waals surface area contributed by atoms with Gasteiger partial charge in [0, 0.05) is 13.0 Å². The lowest BCUT2D eigenvalue weighted by molar-refractivity contribution is -0.301. The van der Waals surface area contributed by atoms with Crippen molar-refractivity contribution < 1.29 is 56.2 Å². The second-order valence-electron chi connectivity index (χ2n) is 15.3. The summed E-state index contributed by atoms with van der Waals surface area (Å²) in [5, 5.41) is 30.6. The van der Waals surface area contributed by atoms with Gasteiger partial charge in [-0.05, 0) is 70.6 Å². The minimum absolute atomic E-state index is 0.0259. The summed E-state index contributed by atoms with van der Waals surface area (Å²) in [4.78, 5) is 12.8. The summed E-state index contributed by atoms with van der Waals surface area (Å²) < 4.78 is 59.0. The van der Waals surface area contributed by atoms with E-state index in [1.165, 1.54) is 70.6 Å². The second-order valence-corrected chi connectivity index (χ2v) is 16.3. The summed E-state index contributed by atoms with van der Waals surface area (Å²) >= 11 is 0. The molecule has 0 amide bonds.